The maximum absolute atomic E-state index is 12.2. The van der Waals surface area contributed by atoms with Crippen LogP contribution in [-0.4, -0.2) is 25.4 Å². The number of hydrogen-bond donors (Lipinski definition) is 1. The van der Waals surface area contributed by atoms with Crippen LogP contribution in [-0.2, 0) is 10.0 Å². The fraction of sp³-hybridized carbons (Fsp3) is 0.400. The van der Waals surface area contributed by atoms with Crippen LogP contribution in [0.4, 0.5) is 0 Å². The molecule has 1 aliphatic heterocycles. The molecule has 16 heavy (non-hydrogen) atoms. The molecule has 1 aromatic carbocycles. The van der Waals surface area contributed by atoms with Gasteiger partial charge in [-0.05, 0) is 25.0 Å². The molecule has 0 bridgehead atoms. The average Bonchev–Trinajstić information content (AvgIpc) is 2.65. The minimum absolute atomic E-state index is 0.133. The van der Waals surface area contributed by atoms with Crippen LogP contribution in [0.3, 0.4) is 0 Å². The number of sulfonamides is 1. The molecule has 0 spiro atoms. The van der Waals surface area contributed by atoms with Crippen molar-refractivity contribution >= 4 is 21.6 Å². The molecule has 1 fully saturated rings. The van der Waals surface area contributed by atoms with Gasteiger partial charge in [0.2, 0.25) is 10.0 Å². The van der Waals surface area contributed by atoms with Crippen molar-refractivity contribution in [2.24, 2.45) is 5.73 Å². The summed E-state index contributed by atoms with van der Waals surface area (Å²) >= 11 is 5.89. The van der Waals surface area contributed by atoms with Crippen molar-refractivity contribution in [3.8, 4) is 0 Å². The molecule has 1 atom stereocenters. The second-order valence-electron chi connectivity index (χ2n) is 3.76. The normalized spacial score (nSPS) is 22.5. The first-order valence-corrected chi connectivity index (χ1v) is 6.87. The fourth-order valence-electron chi connectivity index (χ4n) is 1.84. The fourth-order valence-corrected chi connectivity index (χ4v) is 3.92. The summed E-state index contributed by atoms with van der Waals surface area (Å²) in [6, 6.07) is 6.42. The quantitative estimate of drug-likeness (QED) is 0.875. The molecule has 1 heterocycles. The van der Waals surface area contributed by atoms with E-state index in [-0.39, 0.29) is 9.92 Å². The van der Waals surface area contributed by atoms with Crippen LogP contribution in [0.5, 0.6) is 0 Å². The van der Waals surface area contributed by atoms with E-state index in [1.54, 1.807) is 18.2 Å². The largest absolute Gasteiger partial charge is 0.315 e. The highest BCUT2D eigenvalue weighted by molar-refractivity contribution is 7.89. The smallest absolute Gasteiger partial charge is 0.245 e. The molecule has 0 saturated carbocycles. The van der Waals surface area contributed by atoms with Gasteiger partial charge in [0, 0.05) is 6.54 Å². The molecule has 0 amide bonds. The van der Waals surface area contributed by atoms with Crippen molar-refractivity contribution in [1.29, 1.82) is 0 Å². The Morgan fingerprint density at radius 1 is 1.38 bits per heavy atom. The molecule has 1 aromatic rings. The SMILES string of the molecule is NC1CCCN1S(=O)(=O)c1ccccc1Cl. The Morgan fingerprint density at radius 2 is 2.06 bits per heavy atom. The maximum atomic E-state index is 12.2. The Hall–Kier alpha value is -0.620. The van der Waals surface area contributed by atoms with E-state index >= 15 is 0 Å². The molecule has 2 N–H and O–H groups in total. The Labute approximate surface area is 100 Å². The number of benzene rings is 1. The molecule has 1 saturated heterocycles. The molecule has 0 aliphatic carbocycles. The molecule has 88 valence electrons. The van der Waals surface area contributed by atoms with Crippen LogP contribution in [0.2, 0.25) is 5.02 Å². The van der Waals surface area contributed by atoms with Gasteiger partial charge in [-0.2, -0.15) is 4.31 Å². The molecule has 1 unspecified atom stereocenters. The van der Waals surface area contributed by atoms with Gasteiger partial charge in [-0.3, -0.25) is 0 Å². The van der Waals surface area contributed by atoms with E-state index < -0.39 is 16.2 Å². The van der Waals surface area contributed by atoms with Gasteiger partial charge in [0.15, 0.2) is 0 Å². The van der Waals surface area contributed by atoms with Crippen molar-refractivity contribution in [3.63, 3.8) is 0 Å². The summed E-state index contributed by atoms with van der Waals surface area (Å²) in [4.78, 5) is 0.133. The van der Waals surface area contributed by atoms with Gasteiger partial charge in [-0.25, -0.2) is 8.42 Å². The van der Waals surface area contributed by atoms with Gasteiger partial charge in [-0.15, -0.1) is 0 Å². The summed E-state index contributed by atoms with van der Waals surface area (Å²) in [5.41, 5.74) is 5.76. The zero-order valence-corrected chi connectivity index (χ0v) is 10.2. The Balaban J connectivity index is 2.43. The monoisotopic (exact) mass is 260 g/mol. The highest BCUT2D eigenvalue weighted by Crippen LogP contribution is 2.28. The van der Waals surface area contributed by atoms with Crippen molar-refractivity contribution in [2.75, 3.05) is 6.54 Å². The van der Waals surface area contributed by atoms with Crippen LogP contribution in [0, 0.1) is 0 Å². The van der Waals surface area contributed by atoms with Gasteiger partial charge in [0.25, 0.3) is 0 Å². The molecular formula is C10H13ClN2O2S. The first-order chi connectivity index (χ1) is 7.53. The van der Waals surface area contributed by atoms with E-state index in [9.17, 15) is 8.42 Å². The predicted molar refractivity (Wildman–Crippen MR) is 62.6 cm³/mol. The van der Waals surface area contributed by atoms with Gasteiger partial charge in [0.1, 0.15) is 4.90 Å². The van der Waals surface area contributed by atoms with Crippen LogP contribution >= 0.6 is 11.6 Å². The number of halogens is 1. The van der Waals surface area contributed by atoms with E-state index in [0.29, 0.717) is 13.0 Å². The molecular weight excluding hydrogens is 248 g/mol. The summed E-state index contributed by atoms with van der Waals surface area (Å²) in [6.07, 6.45) is 1.07. The van der Waals surface area contributed by atoms with Crippen molar-refractivity contribution in [3.05, 3.63) is 29.3 Å². The second-order valence-corrected chi connectivity index (χ2v) is 6.02. The molecule has 1 aliphatic rings. The maximum Gasteiger partial charge on any atom is 0.245 e. The Morgan fingerprint density at radius 3 is 2.62 bits per heavy atom. The highest BCUT2D eigenvalue weighted by atomic mass is 35.5. The summed E-state index contributed by atoms with van der Waals surface area (Å²) < 4.78 is 25.8. The number of hydrogen-bond acceptors (Lipinski definition) is 3. The molecule has 2 rings (SSSR count). The van der Waals surface area contributed by atoms with Gasteiger partial charge < -0.3 is 5.73 Å². The third-order valence-corrected chi connectivity index (χ3v) is 5.10. The lowest BCUT2D eigenvalue weighted by atomic mass is 10.3. The first-order valence-electron chi connectivity index (χ1n) is 5.05. The van der Waals surface area contributed by atoms with Gasteiger partial charge in [0.05, 0.1) is 11.2 Å². The van der Waals surface area contributed by atoms with Gasteiger partial charge in [-0.1, -0.05) is 23.7 Å². The van der Waals surface area contributed by atoms with Crippen LogP contribution in [0.25, 0.3) is 0 Å². The van der Waals surface area contributed by atoms with E-state index in [0.717, 1.165) is 6.42 Å². The molecule has 0 radical (unpaired) electrons. The number of nitrogens with two attached hydrogens (primary N) is 1. The van der Waals surface area contributed by atoms with Crippen LogP contribution in [0.1, 0.15) is 12.8 Å². The van der Waals surface area contributed by atoms with E-state index in [1.165, 1.54) is 10.4 Å². The van der Waals surface area contributed by atoms with Crippen molar-refractivity contribution in [2.45, 2.75) is 23.9 Å². The Kier molecular flexibility index (Phi) is 3.21. The minimum atomic E-state index is -3.54. The summed E-state index contributed by atoms with van der Waals surface area (Å²) in [7, 11) is -3.54. The highest BCUT2D eigenvalue weighted by Gasteiger charge is 2.34. The summed E-state index contributed by atoms with van der Waals surface area (Å²) in [5.74, 6) is 0. The topological polar surface area (TPSA) is 63.4 Å². The van der Waals surface area contributed by atoms with Gasteiger partial charge >= 0.3 is 0 Å². The zero-order valence-electron chi connectivity index (χ0n) is 8.64. The van der Waals surface area contributed by atoms with E-state index in [2.05, 4.69) is 0 Å². The number of rotatable bonds is 2. The number of nitrogens with zero attached hydrogens (tertiary/aromatic N) is 1. The van der Waals surface area contributed by atoms with E-state index in [1.807, 2.05) is 0 Å². The lowest BCUT2D eigenvalue weighted by Gasteiger charge is -2.21. The molecule has 6 heteroatoms. The molecule has 0 aromatic heterocycles. The lowest BCUT2D eigenvalue weighted by molar-refractivity contribution is 0.396. The van der Waals surface area contributed by atoms with Crippen LogP contribution in [0.15, 0.2) is 29.2 Å². The first kappa shape index (κ1) is 11.9. The van der Waals surface area contributed by atoms with Crippen molar-refractivity contribution < 1.29 is 8.42 Å². The second kappa shape index (κ2) is 4.33. The third-order valence-electron chi connectivity index (χ3n) is 2.67. The van der Waals surface area contributed by atoms with Crippen LogP contribution < -0.4 is 5.73 Å². The zero-order chi connectivity index (χ0) is 11.8. The summed E-state index contributed by atoms with van der Waals surface area (Å²) in [6.45, 7) is 0.467. The lowest BCUT2D eigenvalue weighted by Crippen LogP contribution is -2.40. The predicted octanol–water partition coefficient (Wildman–Crippen LogP) is 1.41. The minimum Gasteiger partial charge on any atom is -0.315 e. The average molecular weight is 261 g/mol. The van der Waals surface area contributed by atoms with Crippen molar-refractivity contribution in [1.82, 2.24) is 4.31 Å². The Bertz CT molecular complexity index is 489. The summed E-state index contributed by atoms with van der Waals surface area (Å²) in [5, 5.41) is 0.238. The van der Waals surface area contributed by atoms with E-state index in [4.69, 9.17) is 17.3 Å². The molecule has 4 nitrogen and oxygen atoms in total. The standard InChI is InChI=1S/C10H13ClN2O2S/c11-8-4-1-2-5-9(8)16(14,15)13-7-3-6-10(13)12/h1-2,4-5,10H,3,6-7,12H2. The third kappa shape index (κ3) is 1.96.